The Kier molecular flexibility index (Phi) is 7.45. The average Bonchev–Trinajstić information content (AvgIpc) is 3.61. The largest absolute Gasteiger partial charge is 0.383 e. The molecular formula is C26H29FN8O3. The Morgan fingerprint density at radius 3 is 2.74 bits per heavy atom. The SMILES string of the molecule is COCCN1C[C@@H](NC(=O)Nc2c(C)c(-n3cnc(C)c3)nn2-c2ccccc2)[C@H](c2ccnc(F)c2)O1. The van der Waals surface area contributed by atoms with E-state index in [1.807, 2.05) is 54.9 Å². The number of imidazole rings is 1. The van der Waals surface area contributed by atoms with Crippen LogP contribution in [-0.2, 0) is 9.57 Å². The summed E-state index contributed by atoms with van der Waals surface area (Å²) < 4.78 is 22.5. The molecule has 2 N–H and O–H groups in total. The smallest absolute Gasteiger partial charge is 0.320 e. The van der Waals surface area contributed by atoms with Crippen LogP contribution in [0.5, 0.6) is 0 Å². The second-order valence-corrected chi connectivity index (χ2v) is 8.99. The van der Waals surface area contributed by atoms with Crippen molar-refractivity contribution < 1.29 is 18.8 Å². The molecule has 3 aromatic heterocycles. The summed E-state index contributed by atoms with van der Waals surface area (Å²) in [6, 6.07) is 11.6. The first-order valence-electron chi connectivity index (χ1n) is 12.2. The third-order valence-corrected chi connectivity index (χ3v) is 6.25. The van der Waals surface area contributed by atoms with Crippen molar-refractivity contribution in [3.63, 3.8) is 0 Å². The molecule has 0 saturated carbocycles. The third-order valence-electron chi connectivity index (χ3n) is 6.25. The van der Waals surface area contributed by atoms with E-state index in [4.69, 9.17) is 14.7 Å². The zero-order valence-electron chi connectivity index (χ0n) is 21.3. The van der Waals surface area contributed by atoms with E-state index in [0.29, 0.717) is 36.9 Å². The van der Waals surface area contributed by atoms with Crippen LogP contribution in [0.15, 0.2) is 61.2 Å². The number of anilines is 1. The van der Waals surface area contributed by atoms with Crippen molar-refractivity contribution in [1.29, 1.82) is 0 Å². The maximum atomic E-state index is 13.9. The molecule has 11 nitrogen and oxygen atoms in total. The number of ether oxygens (including phenoxy) is 1. The van der Waals surface area contributed by atoms with Gasteiger partial charge in [0.2, 0.25) is 5.95 Å². The van der Waals surface area contributed by atoms with Crippen molar-refractivity contribution in [1.82, 2.24) is 34.7 Å². The van der Waals surface area contributed by atoms with Crippen LogP contribution in [0.25, 0.3) is 11.5 Å². The van der Waals surface area contributed by atoms with E-state index in [1.165, 1.54) is 12.3 Å². The molecule has 1 aliphatic rings. The summed E-state index contributed by atoms with van der Waals surface area (Å²) in [5.74, 6) is 0.538. The number of carbonyl (C=O) groups is 1. The van der Waals surface area contributed by atoms with E-state index < -0.39 is 24.1 Å². The summed E-state index contributed by atoms with van der Waals surface area (Å²) in [6.45, 7) is 5.12. The van der Waals surface area contributed by atoms with Gasteiger partial charge in [-0.25, -0.2) is 19.4 Å². The molecule has 1 saturated heterocycles. The zero-order chi connectivity index (χ0) is 26.6. The number of nitrogens with one attached hydrogen (secondary N) is 2. The lowest BCUT2D eigenvalue weighted by Crippen LogP contribution is -2.42. The molecule has 198 valence electrons. The number of urea groups is 1. The molecule has 0 spiro atoms. The van der Waals surface area contributed by atoms with Gasteiger partial charge in [0.25, 0.3) is 0 Å². The molecule has 5 rings (SSSR count). The monoisotopic (exact) mass is 520 g/mol. The lowest BCUT2D eigenvalue weighted by atomic mass is 10.0. The minimum Gasteiger partial charge on any atom is -0.383 e. The number of hydrogen-bond acceptors (Lipinski definition) is 7. The normalized spacial score (nSPS) is 17.6. The number of pyridine rings is 1. The van der Waals surface area contributed by atoms with Gasteiger partial charge in [0.15, 0.2) is 5.82 Å². The fourth-order valence-electron chi connectivity index (χ4n) is 4.42. The van der Waals surface area contributed by atoms with Gasteiger partial charge in [-0.1, -0.05) is 18.2 Å². The Labute approximate surface area is 219 Å². The van der Waals surface area contributed by atoms with Gasteiger partial charge in [-0.15, -0.1) is 5.10 Å². The van der Waals surface area contributed by atoms with Gasteiger partial charge in [0.1, 0.15) is 18.2 Å². The highest BCUT2D eigenvalue weighted by Gasteiger charge is 2.37. The fraction of sp³-hybridized carbons (Fsp3) is 0.308. The number of aromatic nitrogens is 5. The number of hydrogen-bond donors (Lipinski definition) is 2. The number of amides is 2. The predicted octanol–water partition coefficient (Wildman–Crippen LogP) is 3.33. The number of hydroxylamine groups is 2. The number of benzene rings is 1. The lowest BCUT2D eigenvalue weighted by Gasteiger charge is -2.19. The van der Waals surface area contributed by atoms with E-state index in [-0.39, 0.29) is 0 Å². The van der Waals surface area contributed by atoms with Crippen LogP contribution < -0.4 is 10.6 Å². The van der Waals surface area contributed by atoms with Crippen LogP contribution in [-0.4, -0.2) is 68.3 Å². The first kappa shape index (κ1) is 25.5. The van der Waals surface area contributed by atoms with Crippen LogP contribution in [0, 0.1) is 19.8 Å². The van der Waals surface area contributed by atoms with Gasteiger partial charge in [-0.3, -0.25) is 14.7 Å². The molecule has 1 aromatic carbocycles. The van der Waals surface area contributed by atoms with Crippen molar-refractivity contribution >= 4 is 11.8 Å². The number of halogens is 1. The number of methoxy groups -OCH3 is 1. The van der Waals surface area contributed by atoms with E-state index in [0.717, 1.165) is 16.9 Å². The Hall–Kier alpha value is -4.13. The van der Waals surface area contributed by atoms with E-state index in [1.54, 1.807) is 29.2 Å². The van der Waals surface area contributed by atoms with Crippen molar-refractivity contribution in [3.8, 4) is 11.5 Å². The molecule has 0 radical (unpaired) electrons. The first-order chi connectivity index (χ1) is 18.4. The Bertz CT molecular complexity index is 1410. The van der Waals surface area contributed by atoms with Gasteiger partial charge in [-0.05, 0) is 43.7 Å². The summed E-state index contributed by atoms with van der Waals surface area (Å²) in [6.07, 6.45) is 4.34. The van der Waals surface area contributed by atoms with E-state index in [2.05, 4.69) is 20.6 Å². The molecule has 38 heavy (non-hydrogen) atoms. The highest BCUT2D eigenvalue weighted by molar-refractivity contribution is 5.90. The second-order valence-electron chi connectivity index (χ2n) is 8.99. The minimum atomic E-state index is -0.616. The highest BCUT2D eigenvalue weighted by Crippen LogP contribution is 2.30. The Balaban J connectivity index is 1.41. The first-order valence-corrected chi connectivity index (χ1v) is 12.2. The number of aryl methyl sites for hydroxylation is 1. The van der Waals surface area contributed by atoms with Crippen LogP contribution in [0.1, 0.15) is 22.9 Å². The Morgan fingerprint density at radius 2 is 2.03 bits per heavy atom. The van der Waals surface area contributed by atoms with Crippen LogP contribution in [0.3, 0.4) is 0 Å². The molecule has 4 heterocycles. The molecule has 0 bridgehead atoms. The molecule has 2 amide bonds. The van der Waals surface area contributed by atoms with Gasteiger partial charge < -0.3 is 10.1 Å². The summed E-state index contributed by atoms with van der Waals surface area (Å²) >= 11 is 0. The number of carbonyl (C=O) groups excluding carboxylic acids is 1. The molecule has 4 aromatic rings. The van der Waals surface area contributed by atoms with Crippen LogP contribution in [0.2, 0.25) is 0 Å². The number of para-hydroxylation sites is 1. The van der Waals surface area contributed by atoms with Gasteiger partial charge in [-0.2, -0.15) is 9.45 Å². The summed E-state index contributed by atoms with van der Waals surface area (Å²) in [5, 5.41) is 12.4. The lowest BCUT2D eigenvalue weighted by molar-refractivity contribution is -0.154. The van der Waals surface area contributed by atoms with Crippen molar-refractivity contribution in [3.05, 3.63) is 84.0 Å². The molecule has 1 fully saturated rings. The van der Waals surface area contributed by atoms with Crippen molar-refractivity contribution in [2.45, 2.75) is 26.0 Å². The highest BCUT2D eigenvalue weighted by atomic mass is 19.1. The quantitative estimate of drug-likeness (QED) is 0.343. The number of nitrogens with zero attached hydrogens (tertiary/aromatic N) is 6. The molecule has 1 aliphatic heterocycles. The van der Waals surface area contributed by atoms with Gasteiger partial charge in [0.05, 0.1) is 24.0 Å². The molecule has 2 atom stereocenters. The number of rotatable bonds is 8. The van der Waals surface area contributed by atoms with Gasteiger partial charge in [0, 0.05) is 38.2 Å². The predicted molar refractivity (Wildman–Crippen MR) is 138 cm³/mol. The zero-order valence-corrected chi connectivity index (χ0v) is 21.3. The fourth-order valence-corrected chi connectivity index (χ4v) is 4.42. The standard InChI is InChI=1S/C26H29FN8O3/c1-17-14-33(16-29-17)25-18(2)24(35(32-25)20-7-5-4-6-8-20)31-26(36)30-21-15-34(11-12-37-3)38-23(21)19-9-10-28-22(27)13-19/h4-10,13-14,16,21,23H,11-12,15H2,1-3H3,(H2,30,31,36)/t21-,23+/m1/s1. The minimum absolute atomic E-state index is 0.391. The average molecular weight is 521 g/mol. The summed E-state index contributed by atoms with van der Waals surface area (Å²) in [7, 11) is 1.60. The molecular weight excluding hydrogens is 491 g/mol. The molecule has 0 unspecified atom stereocenters. The van der Waals surface area contributed by atoms with E-state index in [9.17, 15) is 9.18 Å². The van der Waals surface area contributed by atoms with Crippen molar-refractivity contribution in [2.24, 2.45) is 0 Å². The van der Waals surface area contributed by atoms with Crippen LogP contribution in [0.4, 0.5) is 15.0 Å². The molecule has 0 aliphatic carbocycles. The van der Waals surface area contributed by atoms with Crippen molar-refractivity contribution in [2.75, 3.05) is 32.1 Å². The maximum Gasteiger partial charge on any atom is 0.320 e. The van der Waals surface area contributed by atoms with Gasteiger partial charge >= 0.3 is 6.03 Å². The molecule has 12 heteroatoms. The Morgan fingerprint density at radius 1 is 1.21 bits per heavy atom. The maximum absolute atomic E-state index is 13.9. The second kappa shape index (κ2) is 11.1. The summed E-state index contributed by atoms with van der Waals surface area (Å²) in [4.78, 5) is 27.3. The van der Waals surface area contributed by atoms with E-state index >= 15 is 0 Å². The topological polar surface area (TPSA) is 111 Å². The summed E-state index contributed by atoms with van der Waals surface area (Å²) in [5.41, 5.74) is 2.97. The van der Waals surface area contributed by atoms with Crippen LogP contribution >= 0.6 is 0 Å². The third kappa shape index (κ3) is 5.42.